The fourth-order valence-corrected chi connectivity index (χ4v) is 4.83. The lowest BCUT2D eigenvalue weighted by molar-refractivity contribution is 0.481. The maximum atomic E-state index is 11.5. The van der Waals surface area contributed by atoms with Crippen LogP contribution in [0.2, 0.25) is 0 Å². The van der Waals surface area contributed by atoms with Crippen molar-refractivity contribution in [1.82, 2.24) is 14.8 Å². The van der Waals surface area contributed by atoms with E-state index >= 15 is 0 Å². The van der Waals surface area contributed by atoms with Crippen molar-refractivity contribution in [3.05, 3.63) is 42.1 Å². The van der Waals surface area contributed by atoms with Gasteiger partial charge in [0, 0.05) is 0 Å². The molecule has 0 unspecified atom stereocenters. The maximum Gasteiger partial charge on any atom is 0.296 e. The molecule has 13 nitrogen and oxygen atoms in total. The Bertz CT molecular complexity index is 1660. The molecule has 0 aliphatic heterocycles. The van der Waals surface area contributed by atoms with Gasteiger partial charge in [0.05, 0.1) is 32.2 Å². The molecule has 0 aliphatic carbocycles. The summed E-state index contributed by atoms with van der Waals surface area (Å²) in [7, 11) is -8.93. The average molecular weight is 510 g/mol. The van der Waals surface area contributed by atoms with Crippen molar-refractivity contribution in [2.24, 2.45) is 10.2 Å². The Labute approximate surface area is 190 Å². The summed E-state index contributed by atoms with van der Waals surface area (Å²) in [4.78, 5) is 3.40. The standard InChI is InChI=1S/C17H15N7O6S3/c1-8-15(16(19)24(23-8)9-2-4-11(18)14(6-9)33(28,29)30)21-22-17-20-12-7-10(32(25,26)27)3-5-13(12)31-17/h2-7H,18-19H2,1H3,(H,25,26,27)(H,28,29,30). The Hall–Kier alpha value is -3.44. The van der Waals surface area contributed by atoms with Gasteiger partial charge in [-0.15, -0.1) is 10.2 Å². The van der Waals surface area contributed by atoms with E-state index < -0.39 is 25.1 Å². The maximum absolute atomic E-state index is 11.5. The monoisotopic (exact) mass is 509 g/mol. The molecular weight excluding hydrogens is 494 g/mol. The second-order valence-corrected chi connectivity index (χ2v) is 10.5. The van der Waals surface area contributed by atoms with E-state index in [1.54, 1.807) is 6.92 Å². The Morgan fingerprint density at radius 1 is 1.00 bits per heavy atom. The number of rotatable bonds is 5. The average Bonchev–Trinajstić information content (AvgIpc) is 3.25. The molecule has 6 N–H and O–H groups in total. The number of thiazole rings is 1. The van der Waals surface area contributed by atoms with Crippen LogP contribution in [0.5, 0.6) is 0 Å². The predicted molar refractivity (Wildman–Crippen MR) is 121 cm³/mol. The lowest BCUT2D eigenvalue weighted by Gasteiger charge is -2.07. The third kappa shape index (κ3) is 4.41. The highest BCUT2D eigenvalue weighted by molar-refractivity contribution is 7.86. The summed E-state index contributed by atoms with van der Waals surface area (Å²) < 4.78 is 66.0. The molecule has 0 amide bonds. The van der Waals surface area contributed by atoms with E-state index in [0.29, 0.717) is 15.9 Å². The fraction of sp³-hybridized carbons (Fsp3) is 0.0588. The summed E-state index contributed by atoms with van der Waals surface area (Å²) >= 11 is 1.13. The van der Waals surface area contributed by atoms with Crippen molar-refractivity contribution >= 4 is 64.1 Å². The van der Waals surface area contributed by atoms with Gasteiger partial charge < -0.3 is 11.5 Å². The highest BCUT2D eigenvalue weighted by Gasteiger charge is 2.19. The van der Waals surface area contributed by atoms with Gasteiger partial charge in [-0.25, -0.2) is 9.67 Å². The van der Waals surface area contributed by atoms with Crippen LogP contribution in [0, 0.1) is 6.92 Å². The number of benzene rings is 2. The molecule has 0 fully saturated rings. The first-order valence-corrected chi connectivity index (χ1v) is 12.6. The topological polar surface area (TPSA) is 216 Å². The smallest absolute Gasteiger partial charge is 0.296 e. The summed E-state index contributed by atoms with van der Waals surface area (Å²) in [6.07, 6.45) is 0. The second kappa shape index (κ2) is 7.85. The molecule has 0 aliphatic rings. The van der Waals surface area contributed by atoms with Crippen LogP contribution in [0.4, 0.5) is 22.3 Å². The first kappa shape index (κ1) is 22.7. The van der Waals surface area contributed by atoms with E-state index in [1.807, 2.05) is 0 Å². The lowest BCUT2D eigenvalue weighted by atomic mass is 10.3. The molecule has 4 rings (SSSR count). The van der Waals surface area contributed by atoms with Gasteiger partial charge in [-0.2, -0.15) is 21.9 Å². The van der Waals surface area contributed by atoms with Gasteiger partial charge in [-0.05, 0) is 43.3 Å². The van der Waals surface area contributed by atoms with Crippen molar-refractivity contribution < 1.29 is 25.9 Å². The number of aryl methyl sites for hydroxylation is 1. The van der Waals surface area contributed by atoms with Crippen molar-refractivity contribution in [1.29, 1.82) is 0 Å². The molecule has 0 atom stereocenters. The van der Waals surface area contributed by atoms with E-state index in [1.165, 1.54) is 35.0 Å². The predicted octanol–water partition coefficient (Wildman–Crippen LogP) is 2.86. The molecule has 0 spiro atoms. The zero-order valence-electron chi connectivity index (χ0n) is 16.6. The lowest BCUT2D eigenvalue weighted by Crippen LogP contribution is -2.07. The van der Waals surface area contributed by atoms with Crippen LogP contribution in [0.3, 0.4) is 0 Å². The first-order valence-electron chi connectivity index (χ1n) is 8.87. The number of aromatic nitrogens is 3. The Balaban J connectivity index is 1.71. The second-order valence-electron chi connectivity index (χ2n) is 6.73. The number of fused-ring (bicyclic) bond motifs is 1. The van der Waals surface area contributed by atoms with Crippen molar-refractivity contribution in [3.8, 4) is 5.69 Å². The molecule has 2 aromatic carbocycles. The van der Waals surface area contributed by atoms with E-state index in [-0.39, 0.29) is 32.9 Å². The molecule has 0 saturated carbocycles. The molecule has 172 valence electrons. The van der Waals surface area contributed by atoms with Gasteiger partial charge in [0.15, 0.2) is 11.5 Å². The van der Waals surface area contributed by atoms with E-state index in [2.05, 4.69) is 20.3 Å². The largest absolute Gasteiger partial charge is 0.398 e. The zero-order valence-corrected chi connectivity index (χ0v) is 19.1. The zero-order chi connectivity index (χ0) is 24.1. The third-order valence-corrected chi connectivity index (χ3v) is 7.14. The fourth-order valence-electron chi connectivity index (χ4n) is 2.93. The number of hydrogen-bond donors (Lipinski definition) is 4. The summed E-state index contributed by atoms with van der Waals surface area (Å²) in [5, 5.41) is 12.6. The highest BCUT2D eigenvalue weighted by Crippen LogP contribution is 2.34. The number of nitrogens with zero attached hydrogens (tertiary/aromatic N) is 5. The van der Waals surface area contributed by atoms with Crippen LogP contribution in [-0.2, 0) is 20.2 Å². The van der Waals surface area contributed by atoms with Crippen molar-refractivity contribution in [2.45, 2.75) is 16.7 Å². The van der Waals surface area contributed by atoms with Gasteiger partial charge in [0.2, 0.25) is 5.13 Å². The highest BCUT2D eigenvalue weighted by atomic mass is 32.2. The first-order chi connectivity index (χ1) is 15.3. The normalized spacial score (nSPS) is 12.7. The van der Waals surface area contributed by atoms with Crippen LogP contribution in [0.15, 0.2) is 56.4 Å². The van der Waals surface area contributed by atoms with Crippen LogP contribution in [0.1, 0.15) is 5.69 Å². The Morgan fingerprint density at radius 2 is 1.73 bits per heavy atom. The van der Waals surface area contributed by atoms with Gasteiger partial charge in [0.25, 0.3) is 20.2 Å². The number of nitrogen functional groups attached to an aromatic ring is 2. The summed E-state index contributed by atoms with van der Waals surface area (Å²) in [6.45, 7) is 1.61. The molecule has 4 aromatic rings. The van der Waals surface area contributed by atoms with Crippen LogP contribution in [-0.4, -0.2) is 40.7 Å². The molecule has 2 aromatic heterocycles. The summed E-state index contributed by atoms with van der Waals surface area (Å²) in [6, 6.07) is 7.82. The minimum Gasteiger partial charge on any atom is -0.398 e. The summed E-state index contributed by atoms with van der Waals surface area (Å²) in [5.74, 6) is 0.0390. The third-order valence-electron chi connectivity index (χ3n) is 4.46. The van der Waals surface area contributed by atoms with Crippen LogP contribution in [0.25, 0.3) is 15.9 Å². The minimum absolute atomic E-state index is 0.0390. The molecule has 33 heavy (non-hydrogen) atoms. The molecule has 0 saturated heterocycles. The molecular formula is C17H15N7O6S3. The molecule has 16 heteroatoms. The van der Waals surface area contributed by atoms with Gasteiger partial charge in [-0.1, -0.05) is 11.3 Å². The van der Waals surface area contributed by atoms with E-state index in [4.69, 9.17) is 11.5 Å². The van der Waals surface area contributed by atoms with Crippen molar-refractivity contribution in [3.63, 3.8) is 0 Å². The van der Waals surface area contributed by atoms with Crippen LogP contribution < -0.4 is 11.5 Å². The van der Waals surface area contributed by atoms with E-state index in [0.717, 1.165) is 17.4 Å². The number of nitrogens with two attached hydrogens (primary N) is 2. The van der Waals surface area contributed by atoms with Gasteiger partial charge in [0.1, 0.15) is 4.90 Å². The van der Waals surface area contributed by atoms with Crippen LogP contribution >= 0.6 is 11.3 Å². The quantitative estimate of drug-likeness (QED) is 0.175. The Kier molecular flexibility index (Phi) is 5.41. The molecule has 2 heterocycles. The summed E-state index contributed by atoms with van der Waals surface area (Å²) in [5.41, 5.74) is 12.7. The van der Waals surface area contributed by atoms with E-state index in [9.17, 15) is 25.9 Å². The molecule has 0 bridgehead atoms. The van der Waals surface area contributed by atoms with Gasteiger partial charge >= 0.3 is 0 Å². The minimum atomic E-state index is -4.56. The molecule has 0 radical (unpaired) electrons. The van der Waals surface area contributed by atoms with Crippen molar-refractivity contribution in [2.75, 3.05) is 11.5 Å². The number of hydrogen-bond acceptors (Lipinski definition) is 11. The Morgan fingerprint density at radius 3 is 2.39 bits per heavy atom. The number of anilines is 2. The van der Waals surface area contributed by atoms with Gasteiger partial charge in [-0.3, -0.25) is 9.11 Å². The number of azo groups is 1. The SMILES string of the molecule is Cc1nn(-c2ccc(N)c(S(=O)(=O)O)c2)c(N)c1N=Nc1nc2cc(S(=O)(=O)O)ccc2s1.